The summed E-state index contributed by atoms with van der Waals surface area (Å²) in [6, 6.07) is 13.3. The van der Waals surface area contributed by atoms with E-state index in [1.165, 1.54) is 12.1 Å². The van der Waals surface area contributed by atoms with Crippen LogP contribution < -0.4 is 14.8 Å². The molecule has 1 atom stereocenters. The number of carbonyl (C=O) groups is 2. The SMILES string of the molecule is CCNS(=O)(=O)c1ccc(CCC(=O)N(Cc2ccc(OC)cc2)[C@@H](C)C(=O)NCCN2CCOCC2)cc1. The molecule has 0 aliphatic carbocycles. The van der Waals surface area contributed by atoms with Crippen molar-refractivity contribution in [1.29, 1.82) is 0 Å². The number of carbonyl (C=O) groups excluding carboxylic acids is 2. The number of aryl methyl sites for hydroxylation is 1. The van der Waals surface area contributed by atoms with Gasteiger partial charge in [-0.25, -0.2) is 13.1 Å². The van der Waals surface area contributed by atoms with E-state index in [0.717, 1.165) is 30.8 Å². The van der Waals surface area contributed by atoms with Crippen LogP contribution in [0.2, 0.25) is 0 Å². The number of morpholine rings is 1. The Kier molecular flexibility index (Phi) is 11.7. The molecular weight excluding hydrogens is 520 g/mol. The summed E-state index contributed by atoms with van der Waals surface area (Å²) in [5.41, 5.74) is 1.72. The van der Waals surface area contributed by atoms with Crippen LogP contribution in [0.4, 0.5) is 0 Å². The van der Waals surface area contributed by atoms with Crippen molar-refractivity contribution in [2.24, 2.45) is 0 Å². The summed E-state index contributed by atoms with van der Waals surface area (Å²) in [6.45, 7) is 8.36. The average molecular weight is 561 g/mol. The minimum atomic E-state index is -3.54. The summed E-state index contributed by atoms with van der Waals surface area (Å²) in [5, 5.41) is 2.98. The van der Waals surface area contributed by atoms with Crippen molar-refractivity contribution in [3.05, 3.63) is 59.7 Å². The lowest BCUT2D eigenvalue weighted by Gasteiger charge is -2.30. The van der Waals surface area contributed by atoms with E-state index < -0.39 is 16.1 Å². The van der Waals surface area contributed by atoms with Crippen LogP contribution in [-0.2, 0) is 37.3 Å². The van der Waals surface area contributed by atoms with Crippen LogP contribution in [0.25, 0.3) is 0 Å². The van der Waals surface area contributed by atoms with E-state index in [4.69, 9.17) is 9.47 Å². The monoisotopic (exact) mass is 560 g/mol. The third kappa shape index (κ3) is 9.31. The fourth-order valence-corrected chi connectivity index (χ4v) is 5.36. The number of rotatable bonds is 14. The Morgan fingerprint density at radius 2 is 1.69 bits per heavy atom. The van der Waals surface area contributed by atoms with Gasteiger partial charge in [0.1, 0.15) is 11.8 Å². The maximum Gasteiger partial charge on any atom is 0.242 e. The van der Waals surface area contributed by atoms with Gasteiger partial charge in [0, 0.05) is 45.7 Å². The van der Waals surface area contributed by atoms with E-state index in [9.17, 15) is 18.0 Å². The van der Waals surface area contributed by atoms with Crippen molar-refractivity contribution in [1.82, 2.24) is 19.8 Å². The van der Waals surface area contributed by atoms with E-state index in [1.807, 2.05) is 24.3 Å². The number of ether oxygens (including phenoxy) is 2. The van der Waals surface area contributed by atoms with E-state index >= 15 is 0 Å². The number of amides is 2. The fourth-order valence-electron chi connectivity index (χ4n) is 4.32. The molecule has 2 aromatic carbocycles. The minimum absolute atomic E-state index is 0.161. The molecule has 0 unspecified atom stereocenters. The highest BCUT2D eigenvalue weighted by Gasteiger charge is 2.26. The maximum absolute atomic E-state index is 13.4. The number of nitrogens with one attached hydrogen (secondary N) is 2. The summed E-state index contributed by atoms with van der Waals surface area (Å²) < 4.78 is 37.5. The molecular formula is C28H40N4O6S. The predicted molar refractivity (Wildman–Crippen MR) is 149 cm³/mol. The van der Waals surface area contributed by atoms with Gasteiger partial charge in [0.05, 0.1) is 25.2 Å². The molecule has 11 heteroatoms. The van der Waals surface area contributed by atoms with Crippen LogP contribution in [0, 0.1) is 0 Å². The summed E-state index contributed by atoms with van der Waals surface area (Å²) in [4.78, 5) is 30.5. The normalized spacial score (nSPS) is 14.9. The van der Waals surface area contributed by atoms with Gasteiger partial charge in [-0.1, -0.05) is 31.2 Å². The van der Waals surface area contributed by atoms with Crippen LogP contribution in [-0.4, -0.2) is 89.1 Å². The fraction of sp³-hybridized carbons (Fsp3) is 0.500. The maximum atomic E-state index is 13.4. The van der Waals surface area contributed by atoms with Crippen molar-refractivity contribution in [2.75, 3.05) is 53.0 Å². The lowest BCUT2D eigenvalue weighted by atomic mass is 10.1. The third-order valence-electron chi connectivity index (χ3n) is 6.71. The largest absolute Gasteiger partial charge is 0.497 e. The third-order valence-corrected chi connectivity index (χ3v) is 8.27. The predicted octanol–water partition coefficient (Wildman–Crippen LogP) is 1.79. The topological polar surface area (TPSA) is 117 Å². The second-order valence-corrected chi connectivity index (χ2v) is 11.2. The second-order valence-electron chi connectivity index (χ2n) is 9.44. The molecule has 39 heavy (non-hydrogen) atoms. The molecule has 10 nitrogen and oxygen atoms in total. The Labute approximate surface area is 231 Å². The van der Waals surface area contributed by atoms with Gasteiger partial charge >= 0.3 is 0 Å². The quantitative estimate of drug-likeness (QED) is 0.362. The Hall–Kier alpha value is -2.99. The molecule has 0 saturated carbocycles. The highest BCUT2D eigenvalue weighted by atomic mass is 32.2. The molecule has 2 aromatic rings. The van der Waals surface area contributed by atoms with Crippen molar-refractivity contribution in [3.8, 4) is 5.75 Å². The molecule has 1 fully saturated rings. The molecule has 214 valence electrons. The van der Waals surface area contributed by atoms with E-state index in [1.54, 1.807) is 38.0 Å². The first-order valence-electron chi connectivity index (χ1n) is 13.3. The number of benzene rings is 2. The van der Waals surface area contributed by atoms with Crippen molar-refractivity contribution >= 4 is 21.8 Å². The molecule has 0 aromatic heterocycles. The molecule has 1 aliphatic rings. The molecule has 3 rings (SSSR count). The zero-order valence-electron chi connectivity index (χ0n) is 23.0. The molecule has 1 aliphatic heterocycles. The summed E-state index contributed by atoms with van der Waals surface area (Å²) >= 11 is 0. The first kappa shape index (κ1) is 30.6. The van der Waals surface area contributed by atoms with Gasteiger partial charge in [0.2, 0.25) is 21.8 Å². The minimum Gasteiger partial charge on any atom is -0.497 e. The molecule has 2 N–H and O–H groups in total. The zero-order valence-corrected chi connectivity index (χ0v) is 23.8. The molecule has 0 spiro atoms. The highest BCUT2D eigenvalue weighted by Crippen LogP contribution is 2.17. The van der Waals surface area contributed by atoms with Gasteiger partial charge in [-0.3, -0.25) is 14.5 Å². The van der Waals surface area contributed by atoms with Crippen molar-refractivity contribution in [3.63, 3.8) is 0 Å². The van der Waals surface area contributed by atoms with Gasteiger partial charge in [0.15, 0.2) is 0 Å². The Balaban J connectivity index is 1.64. The second kappa shape index (κ2) is 15.0. The molecule has 0 radical (unpaired) electrons. The van der Waals surface area contributed by atoms with Crippen LogP contribution in [0.3, 0.4) is 0 Å². The first-order valence-corrected chi connectivity index (χ1v) is 14.8. The summed E-state index contributed by atoms with van der Waals surface area (Å²) in [6.07, 6.45) is 0.603. The van der Waals surface area contributed by atoms with Crippen LogP contribution >= 0.6 is 0 Å². The van der Waals surface area contributed by atoms with Crippen LogP contribution in [0.15, 0.2) is 53.4 Å². The first-order chi connectivity index (χ1) is 18.7. The number of sulfonamides is 1. The van der Waals surface area contributed by atoms with Crippen molar-refractivity contribution < 1.29 is 27.5 Å². The standard InChI is InChI=1S/C28H40N4O6S/c1-4-30-39(35,36)26-12-7-23(8-13-26)9-14-27(33)32(21-24-5-10-25(37-3)11-6-24)22(2)28(34)29-15-16-31-17-19-38-20-18-31/h5-8,10-13,22,30H,4,9,14-21H2,1-3H3,(H,29,34)/t22-/m0/s1. The average Bonchev–Trinajstić information content (AvgIpc) is 2.95. The van der Waals surface area contributed by atoms with Gasteiger partial charge in [-0.2, -0.15) is 0 Å². The lowest BCUT2D eigenvalue weighted by molar-refractivity contribution is -0.140. The molecule has 1 saturated heterocycles. The van der Waals surface area contributed by atoms with Crippen LogP contribution in [0.5, 0.6) is 5.75 Å². The smallest absolute Gasteiger partial charge is 0.242 e. The number of nitrogens with zero attached hydrogens (tertiary/aromatic N) is 2. The Morgan fingerprint density at radius 1 is 1.05 bits per heavy atom. The summed E-state index contributed by atoms with van der Waals surface area (Å²) in [5.74, 6) is 0.347. The highest BCUT2D eigenvalue weighted by molar-refractivity contribution is 7.89. The number of hydrogen-bond acceptors (Lipinski definition) is 7. The molecule has 0 bridgehead atoms. The van der Waals surface area contributed by atoms with Crippen molar-refractivity contribution in [2.45, 2.75) is 44.2 Å². The van der Waals surface area contributed by atoms with E-state index in [0.29, 0.717) is 38.5 Å². The Morgan fingerprint density at radius 3 is 2.31 bits per heavy atom. The molecule has 2 amide bonds. The van der Waals surface area contributed by atoms with Gasteiger partial charge in [-0.05, 0) is 48.7 Å². The van der Waals surface area contributed by atoms with E-state index in [2.05, 4.69) is 14.9 Å². The van der Waals surface area contributed by atoms with Gasteiger partial charge in [-0.15, -0.1) is 0 Å². The summed E-state index contributed by atoms with van der Waals surface area (Å²) in [7, 11) is -1.94. The zero-order chi connectivity index (χ0) is 28.3. The Bertz CT molecular complexity index is 1170. The van der Waals surface area contributed by atoms with E-state index in [-0.39, 0.29) is 29.7 Å². The number of methoxy groups -OCH3 is 1. The number of hydrogen-bond donors (Lipinski definition) is 2. The molecule has 1 heterocycles. The van der Waals surface area contributed by atoms with Gasteiger partial charge < -0.3 is 19.7 Å². The lowest BCUT2D eigenvalue weighted by Crippen LogP contribution is -2.49. The van der Waals surface area contributed by atoms with Crippen LogP contribution in [0.1, 0.15) is 31.4 Å². The van der Waals surface area contributed by atoms with Gasteiger partial charge in [0.25, 0.3) is 0 Å².